The van der Waals surface area contributed by atoms with Crippen molar-refractivity contribution in [2.75, 3.05) is 32.8 Å². The predicted octanol–water partition coefficient (Wildman–Crippen LogP) is 2.22. The molecule has 1 N–H and O–H groups in total. The fourth-order valence-electron chi connectivity index (χ4n) is 2.93. The van der Waals surface area contributed by atoms with Gasteiger partial charge in [0.15, 0.2) is 4.90 Å². The smallest absolute Gasteiger partial charge is 0.246 e. The second kappa shape index (κ2) is 7.83. The van der Waals surface area contributed by atoms with Crippen LogP contribution in [0.15, 0.2) is 39.6 Å². The quantitative estimate of drug-likeness (QED) is 0.824. The Bertz CT molecular complexity index is 843. The molecular formula is C17H20F2N2O4S. The molecule has 1 atom stereocenters. The van der Waals surface area contributed by atoms with E-state index in [1.165, 1.54) is 0 Å². The van der Waals surface area contributed by atoms with Gasteiger partial charge in [0.25, 0.3) is 0 Å². The number of hydrogen-bond acceptors (Lipinski definition) is 5. The lowest BCUT2D eigenvalue weighted by Crippen LogP contribution is -2.43. The Kier molecular flexibility index (Phi) is 5.71. The van der Waals surface area contributed by atoms with E-state index in [-0.39, 0.29) is 6.54 Å². The summed E-state index contributed by atoms with van der Waals surface area (Å²) in [6.45, 7) is 3.94. The number of ether oxygens (including phenoxy) is 1. The number of halogens is 2. The molecule has 1 aromatic carbocycles. The number of hydrogen-bond donors (Lipinski definition) is 1. The van der Waals surface area contributed by atoms with Gasteiger partial charge in [0.1, 0.15) is 23.2 Å². The number of nitrogens with zero attached hydrogens (tertiary/aromatic N) is 1. The number of morpholine rings is 1. The molecule has 1 saturated heterocycles. The molecule has 1 aliphatic rings. The highest BCUT2D eigenvalue weighted by atomic mass is 32.2. The highest BCUT2D eigenvalue weighted by Gasteiger charge is 2.29. The van der Waals surface area contributed by atoms with Crippen LogP contribution >= 0.6 is 0 Å². The molecule has 3 rings (SSSR count). The SMILES string of the molecule is Cc1ccc(C(CNS(=O)(=O)c2c(F)cccc2F)N2CCOCC2)o1. The number of sulfonamides is 1. The first-order chi connectivity index (χ1) is 12.4. The fraction of sp³-hybridized carbons (Fsp3) is 0.412. The lowest BCUT2D eigenvalue weighted by atomic mass is 10.2. The zero-order chi connectivity index (χ0) is 18.7. The van der Waals surface area contributed by atoms with E-state index < -0.39 is 32.6 Å². The van der Waals surface area contributed by atoms with E-state index in [1.807, 2.05) is 4.90 Å². The molecule has 2 heterocycles. The van der Waals surface area contributed by atoms with E-state index in [4.69, 9.17) is 9.15 Å². The lowest BCUT2D eigenvalue weighted by molar-refractivity contribution is 0.0127. The maximum atomic E-state index is 13.8. The van der Waals surface area contributed by atoms with Crippen LogP contribution in [0.3, 0.4) is 0 Å². The summed E-state index contributed by atoms with van der Waals surface area (Å²) in [6.07, 6.45) is 0. The minimum Gasteiger partial charge on any atom is -0.465 e. The first-order valence-corrected chi connectivity index (χ1v) is 9.68. The van der Waals surface area contributed by atoms with Gasteiger partial charge in [-0.2, -0.15) is 0 Å². The number of furan rings is 1. The summed E-state index contributed by atoms with van der Waals surface area (Å²) in [5.41, 5.74) is 0. The van der Waals surface area contributed by atoms with Gasteiger partial charge in [-0.15, -0.1) is 0 Å². The van der Waals surface area contributed by atoms with Gasteiger partial charge in [-0.25, -0.2) is 21.9 Å². The molecule has 9 heteroatoms. The minimum absolute atomic E-state index is 0.0803. The van der Waals surface area contributed by atoms with Gasteiger partial charge in [-0.05, 0) is 31.2 Å². The van der Waals surface area contributed by atoms with Gasteiger partial charge in [-0.3, -0.25) is 4.90 Å². The summed E-state index contributed by atoms with van der Waals surface area (Å²) in [5.74, 6) is -0.981. The van der Waals surface area contributed by atoms with Crippen molar-refractivity contribution >= 4 is 10.0 Å². The van der Waals surface area contributed by atoms with Crippen molar-refractivity contribution in [2.24, 2.45) is 0 Å². The topological polar surface area (TPSA) is 71.8 Å². The number of rotatable bonds is 6. The average Bonchev–Trinajstić information content (AvgIpc) is 3.02. The number of nitrogens with one attached hydrogen (secondary N) is 1. The molecular weight excluding hydrogens is 366 g/mol. The van der Waals surface area contributed by atoms with Gasteiger partial charge >= 0.3 is 0 Å². The molecule has 0 amide bonds. The summed E-state index contributed by atoms with van der Waals surface area (Å²) < 4.78 is 65.8. The van der Waals surface area contributed by atoms with Crippen molar-refractivity contribution in [1.82, 2.24) is 9.62 Å². The molecule has 0 aliphatic carbocycles. The van der Waals surface area contributed by atoms with Crippen molar-refractivity contribution in [3.63, 3.8) is 0 Å². The van der Waals surface area contributed by atoms with E-state index in [2.05, 4.69) is 4.72 Å². The summed E-state index contributed by atoms with van der Waals surface area (Å²) >= 11 is 0. The zero-order valence-electron chi connectivity index (χ0n) is 14.2. The molecule has 0 saturated carbocycles. The molecule has 1 aliphatic heterocycles. The molecule has 6 nitrogen and oxygen atoms in total. The Balaban J connectivity index is 1.83. The summed E-state index contributed by atoms with van der Waals surface area (Å²) in [4.78, 5) is 1.04. The predicted molar refractivity (Wildman–Crippen MR) is 90.1 cm³/mol. The Labute approximate surface area is 150 Å². The molecule has 1 unspecified atom stereocenters. The number of benzene rings is 1. The Hall–Kier alpha value is -1.81. The van der Waals surface area contributed by atoms with Crippen molar-refractivity contribution < 1.29 is 26.4 Å². The highest BCUT2D eigenvalue weighted by molar-refractivity contribution is 7.89. The Morgan fingerprint density at radius 3 is 2.38 bits per heavy atom. The first-order valence-electron chi connectivity index (χ1n) is 8.20. The van der Waals surface area contributed by atoms with E-state index >= 15 is 0 Å². The van der Waals surface area contributed by atoms with Crippen LogP contribution < -0.4 is 4.72 Å². The van der Waals surface area contributed by atoms with Gasteiger partial charge in [0.05, 0.1) is 19.3 Å². The zero-order valence-corrected chi connectivity index (χ0v) is 15.1. The molecule has 1 fully saturated rings. The van der Waals surface area contributed by atoms with Crippen LogP contribution in [-0.4, -0.2) is 46.2 Å². The second-order valence-electron chi connectivity index (χ2n) is 6.02. The highest BCUT2D eigenvalue weighted by Crippen LogP contribution is 2.25. The Morgan fingerprint density at radius 1 is 1.15 bits per heavy atom. The minimum atomic E-state index is -4.36. The summed E-state index contributed by atoms with van der Waals surface area (Å²) in [7, 11) is -4.36. The van der Waals surface area contributed by atoms with Crippen LogP contribution in [-0.2, 0) is 14.8 Å². The third-order valence-electron chi connectivity index (χ3n) is 4.23. The summed E-state index contributed by atoms with van der Waals surface area (Å²) in [5, 5.41) is 0. The number of aryl methyl sites for hydroxylation is 1. The first kappa shape index (κ1) is 19.0. The molecule has 0 bridgehead atoms. The van der Waals surface area contributed by atoms with Crippen molar-refractivity contribution in [3.8, 4) is 0 Å². The molecule has 0 spiro atoms. The van der Waals surface area contributed by atoms with Crippen LogP contribution in [0.1, 0.15) is 17.6 Å². The molecule has 2 aromatic rings. The van der Waals surface area contributed by atoms with Gasteiger partial charge in [-0.1, -0.05) is 6.07 Å². The van der Waals surface area contributed by atoms with Gasteiger partial charge < -0.3 is 9.15 Å². The van der Waals surface area contributed by atoms with Crippen LogP contribution in [0.25, 0.3) is 0 Å². The molecule has 1 aromatic heterocycles. The van der Waals surface area contributed by atoms with E-state index in [1.54, 1.807) is 19.1 Å². The monoisotopic (exact) mass is 386 g/mol. The standard InChI is InChI=1S/C17H20F2N2O4S/c1-12-5-6-16(25-12)15(21-7-9-24-10-8-21)11-20-26(22,23)17-13(18)3-2-4-14(17)19/h2-6,15,20H,7-11H2,1H3. The van der Waals surface area contributed by atoms with Crippen LogP contribution in [0.2, 0.25) is 0 Å². The lowest BCUT2D eigenvalue weighted by Gasteiger charge is -2.33. The summed E-state index contributed by atoms with van der Waals surface area (Å²) in [6, 6.07) is 6.09. The van der Waals surface area contributed by atoms with E-state index in [0.717, 1.165) is 18.2 Å². The van der Waals surface area contributed by atoms with Crippen LogP contribution in [0.4, 0.5) is 8.78 Å². The fourth-order valence-corrected chi connectivity index (χ4v) is 4.10. The molecule has 0 radical (unpaired) electrons. The third-order valence-corrected chi connectivity index (χ3v) is 5.70. The van der Waals surface area contributed by atoms with E-state index in [0.29, 0.717) is 37.8 Å². The van der Waals surface area contributed by atoms with E-state index in [9.17, 15) is 17.2 Å². The van der Waals surface area contributed by atoms with Crippen molar-refractivity contribution in [2.45, 2.75) is 17.9 Å². The van der Waals surface area contributed by atoms with Crippen molar-refractivity contribution in [3.05, 3.63) is 53.5 Å². The normalized spacial score (nSPS) is 17.3. The molecule has 142 valence electrons. The third kappa shape index (κ3) is 4.12. The molecule has 26 heavy (non-hydrogen) atoms. The van der Waals surface area contributed by atoms with Gasteiger partial charge in [0.2, 0.25) is 10.0 Å². The van der Waals surface area contributed by atoms with Crippen LogP contribution in [0.5, 0.6) is 0 Å². The average molecular weight is 386 g/mol. The second-order valence-corrected chi connectivity index (χ2v) is 7.72. The van der Waals surface area contributed by atoms with Crippen LogP contribution in [0, 0.1) is 18.6 Å². The maximum absolute atomic E-state index is 13.8. The Morgan fingerprint density at radius 2 is 1.81 bits per heavy atom. The van der Waals surface area contributed by atoms with Crippen molar-refractivity contribution in [1.29, 1.82) is 0 Å². The maximum Gasteiger partial charge on any atom is 0.246 e. The van der Waals surface area contributed by atoms with Gasteiger partial charge in [0, 0.05) is 19.6 Å². The largest absolute Gasteiger partial charge is 0.465 e.